The Morgan fingerprint density at radius 2 is 1.75 bits per heavy atom. The van der Waals surface area contributed by atoms with Crippen LogP contribution in [0.3, 0.4) is 0 Å². The maximum atomic E-state index is 12.6. The predicted octanol–water partition coefficient (Wildman–Crippen LogP) is 1.51. The van der Waals surface area contributed by atoms with Crippen molar-refractivity contribution in [3.63, 3.8) is 0 Å². The zero-order valence-corrected chi connectivity index (χ0v) is 17.1. The van der Waals surface area contributed by atoms with E-state index in [0.717, 1.165) is 10.5 Å². The number of methoxy groups -OCH3 is 1. The van der Waals surface area contributed by atoms with Crippen molar-refractivity contribution >= 4 is 17.5 Å². The minimum Gasteiger partial charge on any atom is -0.495 e. The number of hydrogen-bond donors (Lipinski definition) is 2. The zero-order chi connectivity index (χ0) is 20.5. The molecule has 0 bridgehead atoms. The summed E-state index contributed by atoms with van der Waals surface area (Å²) in [5.74, 6) is 0.487. The number of amides is 2. The average Bonchev–Trinajstić information content (AvgIpc) is 2.69. The van der Waals surface area contributed by atoms with Crippen LogP contribution < -0.4 is 15.0 Å². The van der Waals surface area contributed by atoms with Gasteiger partial charge in [-0.2, -0.15) is 0 Å². The van der Waals surface area contributed by atoms with Crippen LogP contribution >= 0.6 is 0 Å². The lowest BCUT2D eigenvalue weighted by Gasteiger charge is -2.22. The van der Waals surface area contributed by atoms with E-state index in [2.05, 4.69) is 5.32 Å². The van der Waals surface area contributed by atoms with Gasteiger partial charge in [0.25, 0.3) is 11.8 Å². The minimum absolute atomic E-state index is 0.0162. The van der Waals surface area contributed by atoms with Crippen molar-refractivity contribution in [1.82, 2.24) is 4.90 Å². The molecule has 2 aromatic carbocycles. The van der Waals surface area contributed by atoms with Gasteiger partial charge in [0.1, 0.15) is 5.75 Å². The van der Waals surface area contributed by atoms with Gasteiger partial charge in [-0.05, 0) is 31.5 Å². The number of ether oxygens (including phenoxy) is 1. The molecule has 1 unspecified atom stereocenters. The molecule has 2 rings (SSSR count). The highest BCUT2D eigenvalue weighted by atomic mass is 16.5. The average molecular weight is 385 g/mol. The summed E-state index contributed by atoms with van der Waals surface area (Å²) >= 11 is 0. The van der Waals surface area contributed by atoms with Crippen molar-refractivity contribution < 1.29 is 19.2 Å². The highest BCUT2D eigenvalue weighted by molar-refractivity contribution is 5.93. The lowest BCUT2D eigenvalue weighted by molar-refractivity contribution is -0.882. The van der Waals surface area contributed by atoms with Crippen molar-refractivity contribution in [3.05, 3.63) is 59.7 Å². The number of carbonyl (C=O) groups is 2. The molecule has 2 N–H and O–H groups in total. The molecular formula is C22H30N3O3+. The molecule has 0 aliphatic carbocycles. The van der Waals surface area contributed by atoms with Crippen LogP contribution in [0, 0.1) is 6.92 Å². The van der Waals surface area contributed by atoms with Crippen molar-refractivity contribution in [2.24, 2.45) is 0 Å². The van der Waals surface area contributed by atoms with E-state index in [9.17, 15) is 9.59 Å². The maximum absolute atomic E-state index is 12.6. The number of anilines is 1. The summed E-state index contributed by atoms with van der Waals surface area (Å²) < 4.78 is 5.26. The van der Waals surface area contributed by atoms with Crippen LogP contribution in [0.15, 0.2) is 48.5 Å². The summed E-state index contributed by atoms with van der Waals surface area (Å²) in [7, 11) is 3.36. The van der Waals surface area contributed by atoms with Crippen LogP contribution in [0.4, 0.5) is 5.69 Å². The van der Waals surface area contributed by atoms with E-state index in [4.69, 9.17) is 4.74 Å². The summed E-state index contributed by atoms with van der Waals surface area (Å²) in [4.78, 5) is 27.6. The summed E-state index contributed by atoms with van der Waals surface area (Å²) in [5.41, 5.74) is 2.92. The molecule has 0 aliphatic heterocycles. The van der Waals surface area contributed by atoms with E-state index in [0.29, 0.717) is 24.5 Å². The molecule has 0 aromatic heterocycles. The van der Waals surface area contributed by atoms with Crippen LogP contribution in [0.2, 0.25) is 0 Å². The van der Waals surface area contributed by atoms with Gasteiger partial charge >= 0.3 is 0 Å². The minimum atomic E-state index is -0.143. The molecule has 0 heterocycles. The Balaban J connectivity index is 1.88. The normalized spacial score (nSPS) is 11.6. The molecule has 6 nitrogen and oxygen atoms in total. The molecule has 150 valence electrons. The SMILES string of the molecule is CC[NH+](CC(=O)Nc1ccccc1OC)CC(=O)N(C)Cc1ccc(C)cc1. The molecule has 2 aromatic rings. The quantitative estimate of drug-likeness (QED) is 0.689. The van der Waals surface area contributed by atoms with Gasteiger partial charge in [0.15, 0.2) is 13.1 Å². The number of nitrogens with one attached hydrogen (secondary N) is 2. The first-order chi connectivity index (χ1) is 13.4. The van der Waals surface area contributed by atoms with Crippen LogP contribution in [0.5, 0.6) is 5.75 Å². The number of likely N-dealkylation sites (N-methyl/N-ethyl adjacent to an activating group) is 2. The first-order valence-corrected chi connectivity index (χ1v) is 9.48. The summed E-state index contributed by atoms with van der Waals surface area (Å²) in [6, 6.07) is 15.4. The second-order valence-electron chi connectivity index (χ2n) is 6.94. The van der Waals surface area contributed by atoms with E-state index in [-0.39, 0.29) is 24.9 Å². The Bertz CT molecular complexity index is 790. The monoisotopic (exact) mass is 384 g/mol. The number of carbonyl (C=O) groups excluding carboxylic acids is 2. The van der Waals surface area contributed by atoms with E-state index in [1.54, 1.807) is 31.2 Å². The molecule has 0 aliphatic rings. The van der Waals surface area contributed by atoms with Crippen molar-refractivity contribution in [3.8, 4) is 5.75 Å². The van der Waals surface area contributed by atoms with E-state index in [1.165, 1.54) is 5.56 Å². The number of benzene rings is 2. The Hall–Kier alpha value is -2.86. The number of rotatable bonds is 9. The molecule has 28 heavy (non-hydrogen) atoms. The van der Waals surface area contributed by atoms with Gasteiger partial charge in [0.2, 0.25) is 0 Å². The van der Waals surface area contributed by atoms with Crippen LogP contribution in [0.25, 0.3) is 0 Å². The first kappa shape index (κ1) is 21.4. The highest BCUT2D eigenvalue weighted by Gasteiger charge is 2.20. The second-order valence-corrected chi connectivity index (χ2v) is 6.94. The molecule has 2 amide bonds. The number of quaternary nitrogens is 1. The third kappa shape index (κ3) is 6.39. The molecule has 0 saturated heterocycles. The van der Waals surface area contributed by atoms with Gasteiger partial charge < -0.3 is 19.9 Å². The highest BCUT2D eigenvalue weighted by Crippen LogP contribution is 2.22. The Morgan fingerprint density at radius 3 is 2.39 bits per heavy atom. The van der Waals surface area contributed by atoms with Gasteiger partial charge in [-0.25, -0.2) is 0 Å². The summed E-state index contributed by atoms with van der Waals surface area (Å²) in [6.07, 6.45) is 0. The topological polar surface area (TPSA) is 63.1 Å². The van der Waals surface area contributed by atoms with Crippen LogP contribution in [0.1, 0.15) is 18.1 Å². The van der Waals surface area contributed by atoms with Crippen molar-refractivity contribution in [1.29, 1.82) is 0 Å². The predicted molar refractivity (Wildman–Crippen MR) is 111 cm³/mol. The van der Waals surface area contributed by atoms with Gasteiger partial charge in [0.05, 0.1) is 19.3 Å². The lowest BCUT2D eigenvalue weighted by atomic mass is 10.1. The van der Waals surface area contributed by atoms with E-state index >= 15 is 0 Å². The lowest BCUT2D eigenvalue weighted by Crippen LogP contribution is -3.13. The smallest absolute Gasteiger partial charge is 0.279 e. The Labute approximate surface area is 167 Å². The second kappa shape index (κ2) is 10.5. The van der Waals surface area contributed by atoms with Crippen LogP contribution in [-0.2, 0) is 16.1 Å². The number of nitrogens with zero attached hydrogens (tertiary/aromatic N) is 1. The zero-order valence-electron chi connectivity index (χ0n) is 17.1. The molecule has 6 heteroatoms. The fourth-order valence-corrected chi connectivity index (χ4v) is 2.89. The maximum Gasteiger partial charge on any atom is 0.279 e. The number of para-hydroxylation sites is 2. The molecule has 0 fully saturated rings. The van der Waals surface area contributed by atoms with Gasteiger partial charge in [-0.3, -0.25) is 9.59 Å². The Morgan fingerprint density at radius 1 is 1.07 bits per heavy atom. The van der Waals surface area contributed by atoms with E-state index in [1.807, 2.05) is 50.2 Å². The van der Waals surface area contributed by atoms with Gasteiger partial charge in [-0.15, -0.1) is 0 Å². The molecule has 0 radical (unpaired) electrons. The molecule has 0 spiro atoms. The third-order valence-corrected chi connectivity index (χ3v) is 4.66. The van der Waals surface area contributed by atoms with Gasteiger partial charge in [0, 0.05) is 13.6 Å². The fourth-order valence-electron chi connectivity index (χ4n) is 2.89. The summed E-state index contributed by atoms with van der Waals surface area (Å²) in [5, 5.41) is 2.86. The Kier molecular flexibility index (Phi) is 8.02. The molecular weight excluding hydrogens is 354 g/mol. The fraction of sp³-hybridized carbons (Fsp3) is 0.364. The van der Waals surface area contributed by atoms with Crippen LogP contribution in [-0.4, -0.2) is 50.5 Å². The standard InChI is InChI=1S/C22H29N3O3/c1-5-25(15-21(26)23-19-8-6-7-9-20(19)28-4)16-22(27)24(3)14-18-12-10-17(2)11-13-18/h6-13H,5,14-16H2,1-4H3,(H,23,26)/p+1. The molecule has 1 atom stereocenters. The van der Waals surface area contributed by atoms with E-state index < -0.39 is 0 Å². The first-order valence-electron chi connectivity index (χ1n) is 9.48. The third-order valence-electron chi connectivity index (χ3n) is 4.66. The largest absolute Gasteiger partial charge is 0.495 e. The van der Waals surface area contributed by atoms with Gasteiger partial charge in [-0.1, -0.05) is 42.0 Å². The number of aryl methyl sites for hydroxylation is 1. The van der Waals surface area contributed by atoms with Crippen molar-refractivity contribution in [2.45, 2.75) is 20.4 Å². The number of hydrogen-bond acceptors (Lipinski definition) is 3. The summed E-state index contributed by atoms with van der Waals surface area (Å²) in [6.45, 7) is 5.75. The molecule has 0 saturated carbocycles. The van der Waals surface area contributed by atoms with Crippen molar-refractivity contribution in [2.75, 3.05) is 39.1 Å².